The van der Waals surface area contributed by atoms with Crippen LogP contribution in [0.25, 0.3) is 10.9 Å². The third-order valence-electron chi connectivity index (χ3n) is 2.64. The lowest BCUT2D eigenvalue weighted by Crippen LogP contribution is -2.14. The summed E-state index contributed by atoms with van der Waals surface area (Å²) in [6.07, 6.45) is 0. The Balaban J connectivity index is 0.00000162. The molecule has 0 aliphatic heterocycles. The first-order chi connectivity index (χ1) is 8.15. The maximum atomic E-state index is 11.7. The molecule has 0 unspecified atom stereocenters. The first kappa shape index (κ1) is 14.4. The quantitative estimate of drug-likeness (QED) is 0.864. The molecule has 1 aromatic heterocycles. The minimum atomic E-state index is -0.135. The van der Waals surface area contributed by atoms with Crippen molar-refractivity contribution in [2.24, 2.45) is 5.73 Å². The van der Waals surface area contributed by atoms with E-state index < -0.39 is 0 Å². The number of ether oxygens (including phenoxy) is 1. The van der Waals surface area contributed by atoms with Gasteiger partial charge < -0.3 is 10.5 Å². The Kier molecular flexibility index (Phi) is 4.64. The fourth-order valence-corrected chi connectivity index (χ4v) is 1.75. The molecule has 0 saturated heterocycles. The average molecular weight is 267 g/mol. The fraction of sp³-hybridized carbons (Fsp3) is 0.231. The number of Topliss-reactive ketones (excluding diaryl/α,β-unsaturated/α-hetero) is 1. The van der Waals surface area contributed by atoms with Gasteiger partial charge in [0.05, 0.1) is 24.7 Å². The molecule has 1 aromatic carbocycles. The molecule has 18 heavy (non-hydrogen) atoms. The smallest absolute Gasteiger partial charge is 0.180 e. The van der Waals surface area contributed by atoms with Gasteiger partial charge in [-0.05, 0) is 19.1 Å². The maximum absolute atomic E-state index is 11.7. The number of carbonyl (C=O) groups excluding carboxylic acids is 1. The summed E-state index contributed by atoms with van der Waals surface area (Å²) >= 11 is 0. The molecular weight excluding hydrogens is 252 g/mol. The number of hydrogen-bond donors (Lipinski definition) is 1. The van der Waals surface area contributed by atoms with Gasteiger partial charge in [0.25, 0.3) is 0 Å². The van der Waals surface area contributed by atoms with E-state index in [4.69, 9.17) is 10.5 Å². The summed E-state index contributed by atoms with van der Waals surface area (Å²) in [7, 11) is 1.53. The van der Waals surface area contributed by atoms with Crippen molar-refractivity contribution in [2.45, 2.75) is 6.92 Å². The van der Waals surface area contributed by atoms with E-state index in [-0.39, 0.29) is 24.7 Å². The van der Waals surface area contributed by atoms with Crippen molar-refractivity contribution in [3.05, 3.63) is 35.5 Å². The van der Waals surface area contributed by atoms with Crippen LogP contribution in [-0.2, 0) is 0 Å². The number of aryl methyl sites for hydroxylation is 1. The number of nitrogens with two attached hydrogens (primary N) is 1. The summed E-state index contributed by atoms with van der Waals surface area (Å²) < 4.78 is 5.20. The number of pyridine rings is 1. The van der Waals surface area contributed by atoms with E-state index in [0.717, 1.165) is 16.6 Å². The van der Waals surface area contributed by atoms with Crippen LogP contribution >= 0.6 is 12.4 Å². The average Bonchev–Trinajstić information content (AvgIpc) is 2.36. The molecule has 0 amide bonds. The molecular formula is C13H15ClN2O2. The summed E-state index contributed by atoms with van der Waals surface area (Å²) in [6.45, 7) is 1.89. The highest BCUT2D eigenvalue weighted by Crippen LogP contribution is 2.25. The molecule has 0 atom stereocenters. The minimum absolute atomic E-state index is 0. The van der Waals surface area contributed by atoms with Crippen LogP contribution in [0.5, 0.6) is 5.75 Å². The summed E-state index contributed by atoms with van der Waals surface area (Å²) in [6, 6.07) is 7.39. The van der Waals surface area contributed by atoms with Gasteiger partial charge in [-0.25, -0.2) is 0 Å². The Morgan fingerprint density at radius 3 is 2.72 bits per heavy atom. The number of methoxy groups -OCH3 is 1. The zero-order valence-corrected chi connectivity index (χ0v) is 11.1. The molecule has 4 nitrogen and oxygen atoms in total. The third kappa shape index (κ3) is 2.60. The predicted molar refractivity (Wildman–Crippen MR) is 73.7 cm³/mol. The van der Waals surface area contributed by atoms with Crippen LogP contribution in [0.4, 0.5) is 0 Å². The van der Waals surface area contributed by atoms with E-state index in [1.807, 2.05) is 19.1 Å². The third-order valence-corrected chi connectivity index (χ3v) is 2.64. The molecule has 96 valence electrons. The standard InChI is InChI=1S/C13H14N2O2.ClH/c1-8-3-4-9-5-10(12(16)7-14)13(17-2)6-11(9)15-8;/h3-6H,7,14H2,1-2H3;1H. The van der Waals surface area contributed by atoms with Crippen molar-refractivity contribution in [1.29, 1.82) is 0 Å². The Labute approximate surface area is 112 Å². The van der Waals surface area contributed by atoms with Gasteiger partial charge in [0.1, 0.15) is 5.75 Å². The Morgan fingerprint density at radius 1 is 1.39 bits per heavy atom. The van der Waals surface area contributed by atoms with Gasteiger partial charge in [-0.3, -0.25) is 9.78 Å². The van der Waals surface area contributed by atoms with Crippen LogP contribution in [0.3, 0.4) is 0 Å². The molecule has 0 spiro atoms. The van der Waals surface area contributed by atoms with E-state index in [9.17, 15) is 4.79 Å². The molecule has 0 aliphatic carbocycles. The van der Waals surface area contributed by atoms with Crippen LogP contribution in [-0.4, -0.2) is 24.4 Å². The minimum Gasteiger partial charge on any atom is -0.496 e. The SMILES string of the molecule is COc1cc2nc(C)ccc2cc1C(=O)CN.Cl. The topological polar surface area (TPSA) is 65.2 Å². The summed E-state index contributed by atoms with van der Waals surface area (Å²) in [5, 5.41) is 0.910. The van der Waals surface area contributed by atoms with Gasteiger partial charge in [0.2, 0.25) is 0 Å². The first-order valence-electron chi connectivity index (χ1n) is 5.34. The van der Waals surface area contributed by atoms with E-state index in [2.05, 4.69) is 4.98 Å². The van der Waals surface area contributed by atoms with E-state index >= 15 is 0 Å². The van der Waals surface area contributed by atoms with Crippen molar-refractivity contribution in [3.63, 3.8) is 0 Å². The van der Waals surface area contributed by atoms with Crippen LogP contribution in [0, 0.1) is 6.92 Å². The van der Waals surface area contributed by atoms with Crippen LogP contribution in [0.15, 0.2) is 24.3 Å². The lowest BCUT2D eigenvalue weighted by Gasteiger charge is -2.08. The number of hydrogen-bond acceptors (Lipinski definition) is 4. The van der Waals surface area contributed by atoms with Crippen molar-refractivity contribution in [2.75, 3.05) is 13.7 Å². The molecule has 5 heteroatoms. The van der Waals surface area contributed by atoms with Gasteiger partial charge >= 0.3 is 0 Å². The van der Waals surface area contributed by atoms with Gasteiger partial charge in [0, 0.05) is 17.1 Å². The normalized spacial score (nSPS) is 9.94. The van der Waals surface area contributed by atoms with Gasteiger partial charge in [-0.15, -0.1) is 12.4 Å². The van der Waals surface area contributed by atoms with Gasteiger partial charge in [0.15, 0.2) is 5.78 Å². The number of halogens is 1. The largest absolute Gasteiger partial charge is 0.496 e. The fourth-order valence-electron chi connectivity index (χ4n) is 1.75. The predicted octanol–water partition coefficient (Wildman–Crippen LogP) is 2.12. The molecule has 0 radical (unpaired) electrons. The summed E-state index contributed by atoms with van der Waals surface area (Å²) in [4.78, 5) is 16.1. The lowest BCUT2D eigenvalue weighted by molar-refractivity contribution is 0.0998. The van der Waals surface area contributed by atoms with Crippen molar-refractivity contribution in [3.8, 4) is 5.75 Å². The zero-order valence-electron chi connectivity index (χ0n) is 10.3. The molecule has 1 heterocycles. The number of nitrogens with zero attached hydrogens (tertiary/aromatic N) is 1. The number of benzene rings is 1. The second-order valence-corrected chi connectivity index (χ2v) is 3.83. The van der Waals surface area contributed by atoms with Crippen molar-refractivity contribution >= 4 is 29.1 Å². The molecule has 2 aromatic rings. The molecule has 2 rings (SSSR count). The second kappa shape index (κ2) is 5.80. The molecule has 0 saturated carbocycles. The van der Waals surface area contributed by atoms with Crippen molar-refractivity contribution < 1.29 is 9.53 Å². The number of ketones is 1. The zero-order chi connectivity index (χ0) is 12.4. The monoisotopic (exact) mass is 266 g/mol. The van der Waals surface area contributed by atoms with E-state index in [0.29, 0.717) is 11.3 Å². The molecule has 0 bridgehead atoms. The second-order valence-electron chi connectivity index (χ2n) is 3.83. The number of fused-ring (bicyclic) bond motifs is 1. The highest BCUT2D eigenvalue weighted by Gasteiger charge is 2.12. The first-order valence-corrected chi connectivity index (χ1v) is 5.34. The van der Waals surface area contributed by atoms with Gasteiger partial charge in [-0.1, -0.05) is 6.07 Å². The highest BCUT2D eigenvalue weighted by molar-refractivity contribution is 6.03. The Hall–Kier alpha value is -1.65. The van der Waals surface area contributed by atoms with E-state index in [1.165, 1.54) is 7.11 Å². The Bertz CT molecular complexity index is 584. The summed E-state index contributed by atoms with van der Waals surface area (Å²) in [5.41, 5.74) is 7.63. The molecule has 0 fully saturated rings. The maximum Gasteiger partial charge on any atom is 0.180 e. The van der Waals surface area contributed by atoms with Crippen molar-refractivity contribution in [1.82, 2.24) is 4.98 Å². The number of carbonyl (C=O) groups is 1. The number of aromatic nitrogens is 1. The number of rotatable bonds is 3. The van der Waals surface area contributed by atoms with Gasteiger partial charge in [-0.2, -0.15) is 0 Å². The van der Waals surface area contributed by atoms with E-state index in [1.54, 1.807) is 12.1 Å². The molecule has 0 aliphatic rings. The van der Waals surface area contributed by atoms with Crippen LogP contribution < -0.4 is 10.5 Å². The Morgan fingerprint density at radius 2 is 2.11 bits per heavy atom. The van der Waals surface area contributed by atoms with Crippen LogP contribution in [0.2, 0.25) is 0 Å². The lowest BCUT2D eigenvalue weighted by atomic mass is 10.1. The highest BCUT2D eigenvalue weighted by atomic mass is 35.5. The molecule has 2 N–H and O–H groups in total. The summed E-state index contributed by atoms with van der Waals surface area (Å²) in [5.74, 6) is 0.385. The van der Waals surface area contributed by atoms with Crippen LogP contribution in [0.1, 0.15) is 16.1 Å².